The zero-order valence-electron chi connectivity index (χ0n) is 15.1. The molecule has 11 heteroatoms. The zero-order valence-corrected chi connectivity index (χ0v) is 17.5. The average molecular weight is 485 g/mol. The molecule has 154 valence electrons. The lowest BCUT2D eigenvalue weighted by atomic mass is 10.2. The highest BCUT2D eigenvalue weighted by molar-refractivity contribution is 9.10. The molecule has 0 unspecified atom stereocenters. The summed E-state index contributed by atoms with van der Waals surface area (Å²) >= 11 is 4.03. The predicted molar refractivity (Wildman–Crippen MR) is 107 cm³/mol. The number of carboxylic acids is 1. The molecule has 0 bridgehead atoms. The monoisotopic (exact) mass is 484 g/mol. The van der Waals surface area contributed by atoms with Crippen LogP contribution in [0.15, 0.2) is 27.6 Å². The molecule has 1 N–H and O–H groups in total. The van der Waals surface area contributed by atoms with E-state index in [4.69, 9.17) is 14.6 Å². The van der Waals surface area contributed by atoms with Gasteiger partial charge in [-0.15, -0.1) is 0 Å². The Hall–Kier alpha value is -2.37. The van der Waals surface area contributed by atoms with Gasteiger partial charge in [0.25, 0.3) is 11.1 Å². The van der Waals surface area contributed by atoms with Gasteiger partial charge >= 0.3 is 5.97 Å². The van der Waals surface area contributed by atoms with Crippen LogP contribution in [-0.2, 0) is 19.1 Å². The molecule has 2 aliphatic rings. The van der Waals surface area contributed by atoms with E-state index in [1.165, 1.54) is 6.08 Å². The van der Waals surface area contributed by atoms with Crippen molar-refractivity contribution < 1.29 is 33.8 Å². The molecule has 0 atom stereocenters. The Kier molecular flexibility index (Phi) is 6.93. The van der Waals surface area contributed by atoms with Gasteiger partial charge in [0, 0.05) is 23.1 Å². The molecule has 2 saturated heterocycles. The van der Waals surface area contributed by atoms with Crippen molar-refractivity contribution in [2.24, 2.45) is 0 Å². The van der Waals surface area contributed by atoms with Gasteiger partial charge in [0.2, 0.25) is 5.91 Å². The van der Waals surface area contributed by atoms with Crippen LogP contribution in [0.25, 0.3) is 6.08 Å². The van der Waals surface area contributed by atoms with E-state index in [1.54, 1.807) is 23.1 Å². The van der Waals surface area contributed by atoms with Crippen molar-refractivity contribution in [2.45, 2.75) is 0 Å². The second kappa shape index (κ2) is 9.42. The number of amides is 3. The first-order valence-electron chi connectivity index (χ1n) is 8.60. The summed E-state index contributed by atoms with van der Waals surface area (Å²) in [5, 5.41) is 8.27. The highest BCUT2D eigenvalue weighted by Crippen LogP contribution is 2.34. The number of hydrogen-bond acceptors (Lipinski definition) is 7. The molecule has 2 heterocycles. The van der Waals surface area contributed by atoms with E-state index in [2.05, 4.69) is 15.9 Å². The van der Waals surface area contributed by atoms with Gasteiger partial charge in [0.1, 0.15) is 12.3 Å². The van der Waals surface area contributed by atoms with Crippen LogP contribution in [0.4, 0.5) is 4.79 Å². The number of carbonyl (C=O) groups is 4. The number of aliphatic carboxylic acids is 1. The summed E-state index contributed by atoms with van der Waals surface area (Å²) < 4.78 is 11.1. The summed E-state index contributed by atoms with van der Waals surface area (Å²) in [4.78, 5) is 50.7. The molecule has 0 aromatic heterocycles. The normalized spacial score (nSPS) is 18.4. The third kappa shape index (κ3) is 5.37. The second-order valence-corrected chi connectivity index (χ2v) is 8.03. The Morgan fingerprint density at radius 2 is 2.00 bits per heavy atom. The van der Waals surface area contributed by atoms with Crippen LogP contribution in [0.2, 0.25) is 0 Å². The van der Waals surface area contributed by atoms with Crippen LogP contribution in [-0.4, -0.2) is 77.4 Å². The average Bonchev–Trinajstić information content (AvgIpc) is 2.95. The summed E-state index contributed by atoms with van der Waals surface area (Å²) in [7, 11) is 0. The third-order valence-electron chi connectivity index (χ3n) is 4.14. The van der Waals surface area contributed by atoms with Gasteiger partial charge in [-0.25, -0.2) is 4.79 Å². The molecule has 2 fully saturated rings. The second-order valence-electron chi connectivity index (χ2n) is 6.13. The summed E-state index contributed by atoms with van der Waals surface area (Å²) in [5.41, 5.74) is 0.436. The SMILES string of the molecule is O=C(O)COc1ccc(Br)cc1/C=C1\SC(=O)N(CC(=O)N2CCOCC2)C1=O. The van der Waals surface area contributed by atoms with Gasteiger partial charge in [-0.1, -0.05) is 15.9 Å². The molecule has 0 saturated carbocycles. The van der Waals surface area contributed by atoms with Gasteiger partial charge in [-0.05, 0) is 36.0 Å². The molecule has 1 aromatic carbocycles. The molecule has 2 aliphatic heterocycles. The number of benzene rings is 1. The van der Waals surface area contributed by atoms with Crippen molar-refractivity contribution in [3.8, 4) is 5.75 Å². The van der Waals surface area contributed by atoms with Crippen molar-refractivity contribution in [1.82, 2.24) is 9.80 Å². The smallest absolute Gasteiger partial charge is 0.341 e. The Bertz CT molecular complexity index is 883. The lowest BCUT2D eigenvalue weighted by Crippen LogP contribution is -2.46. The van der Waals surface area contributed by atoms with Crippen LogP contribution in [0.3, 0.4) is 0 Å². The van der Waals surface area contributed by atoms with E-state index in [0.717, 1.165) is 16.7 Å². The van der Waals surface area contributed by atoms with Crippen molar-refractivity contribution in [1.29, 1.82) is 0 Å². The largest absolute Gasteiger partial charge is 0.481 e. The third-order valence-corrected chi connectivity index (χ3v) is 5.54. The molecule has 3 rings (SSSR count). The lowest BCUT2D eigenvalue weighted by molar-refractivity contribution is -0.139. The Morgan fingerprint density at radius 3 is 2.69 bits per heavy atom. The number of hydrogen-bond donors (Lipinski definition) is 1. The van der Waals surface area contributed by atoms with Crippen LogP contribution < -0.4 is 4.74 Å². The van der Waals surface area contributed by atoms with E-state index in [1.807, 2.05) is 0 Å². The molecule has 29 heavy (non-hydrogen) atoms. The van der Waals surface area contributed by atoms with Crippen molar-refractivity contribution >= 4 is 56.8 Å². The molecule has 3 amide bonds. The van der Waals surface area contributed by atoms with Gasteiger partial charge in [-0.2, -0.15) is 0 Å². The van der Waals surface area contributed by atoms with Crippen LogP contribution in [0.5, 0.6) is 5.75 Å². The maximum atomic E-state index is 12.7. The van der Waals surface area contributed by atoms with Gasteiger partial charge in [0.15, 0.2) is 6.61 Å². The molecule has 0 radical (unpaired) electrons. The molecule has 0 spiro atoms. The van der Waals surface area contributed by atoms with Crippen molar-refractivity contribution in [2.75, 3.05) is 39.5 Å². The lowest BCUT2D eigenvalue weighted by Gasteiger charge is -2.28. The van der Waals surface area contributed by atoms with Crippen molar-refractivity contribution in [3.63, 3.8) is 0 Å². The Balaban J connectivity index is 1.76. The minimum absolute atomic E-state index is 0.128. The fourth-order valence-corrected chi connectivity index (χ4v) is 3.94. The fourth-order valence-electron chi connectivity index (χ4n) is 2.73. The molecule has 1 aromatic rings. The predicted octanol–water partition coefficient (Wildman–Crippen LogP) is 1.81. The highest BCUT2D eigenvalue weighted by Gasteiger charge is 2.37. The Labute approximate surface area is 178 Å². The summed E-state index contributed by atoms with van der Waals surface area (Å²) in [5.74, 6) is -1.77. The molecular weight excluding hydrogens is 468 g/mol. The first kappa shape index (κ1) is 21.3. The minimum Gasteiger partial charge on any atom is -0.481 e. The molecular formula is C18H17BrN2O7S. The minimum atomic E-state index is -1.14. The van der Waals surface area contributed by atoms with Crippen LogP contribution >= 0.6 is 27.7 Å². The molecule has 0 aliphatic carbocycles. The van der Waals surface area contributed by atoms with Crippen LogP contribution in [0.1, 0.15) is 5.56 Å². The number of carboxylic acid groups (broad SMARTS) is 1. The van der Waals surface area contributed by atoms with Crippen LogP contribution in [0, 0.1) is 0 Å². The van der Waals surface area contributed by atoms with E-state index >= 15 is 0 Å². The van der Waals surface area contributed by atoms with Crippen molar-refractivity contribution in [3.05, 3.63) is 33.1 Å². The standard InChI is InChI=1S/C18H17BrN2O7S/c19-12-1-2-13(28-10-16(23)24)11(7-12)8-14-17(25)21(18(26)29-14)9-15(22)20-3-5-27-6-4-20/h1-2,7-8H,3-6,9-10H2,(H,23,24)/b14-8-. The van der Waals surface area contributed by atoms with E-state index < -0.39 is 23.7 Å². The summed E-state index contributed by atoms with van der Waals surface area (Å²) in [6, 6.07) is 4.87. The number of nitrogens with zero attached hydrogens (tertiary/aromatic N) is 2. The fraction of sp³-hybridized carbons (Fsp3) is 0.333. The van der Waals surface area contributed by atoms with E-state index in [9.17, 15) is 19.2 Å². The topological polar surface area (TPSA) is 113 Å². The number of morpholine rings is 1. The highest BCUT2D eigenvalue weighted by atomic mass is 79.9. The zero-order chi connectivity index (χ0) is 21.0. The number of rotatable bonds is 6. The number of imide groups is 1. The summed E-state index contributed by atoms with van der Waals surface area (Å²) in [6.07, 6.45) is 1.45. The Morgan fingerprint density at radius 1 is 1.28 bits per heavy atom. The van der Waals surface area contributed by atoms with Gasteiger partial charge in [0.05, 0.1) is 18.1 Å². The maximum absolute atomic E-state index is 12.7. The summed E-state index contributed by atoms with van der Waals surface area (Å²) in [6.45, 7) is 0.826. The number of carbonyl (C=O) groups excluding carboxylic acids is 3. The first-order valence-corrected chi connectivity index (χ1v) is 10.2. The molecule has 9 nitrogen and oxygen atoms in total. The number of ether oxygens (including phenoxy) is 2. The van der Waals surface area contributed by atoms with E-state index in [0.29, 0.717) is 36.3 Å². The first-order chi connectivity index (χ1) is 13.8. The quantitative estimate of drug-likeness (QED) is 0.608. The maximum Gasteiger partial charge on any atom is 0.341 e. The van der Waals surface area contributed by atoms with Gasteiger partial charge in [-0.3, -0.25) is 19.3 Å². The van der Waals surface area contributed by atoms with E-state index in [-0.39, 0.29) is 23.1 Å². The number of thioether (sulfide) groups is 1. The van der Waals surface area contributed by atoms with Gasteiger partial charge < -0.3 is 19.5 Å². The number of halogens is 1.